The number of carbonyl (C=O) groups is 1. The summed E-state index contributed by atoms with van der Waals surface area (Å²) in [5, 5.41) is 0. The van der Waals surface area contributed by atoms with E-state index in [1.807, 2.05) is 0 Å². The summed E-state index contributed by atoms with van der Waals surface area (Å²) >= 11 is 0. The van der Waals surface area contributed by atoms with Gasteiger partial charge in [-0.15, -0.1) is 5.73 Å². The normalized spacial score (nSPS) is 10.8. The van der Waals surface area contributed by atoms with Crippen LogP contribution in [0.2, 0.25) is 0 Å². The fourth-order valence-electron chi connectivity index (χ4n) is 1.85. The van der Waals surface area contributed by atoms with Crippen LogP contribution in [0, 0.1) is 0 Å². The summed E-state index contributed by atoms with van der Waals surface area (Å²) < 4.78 is 37.5. The second-order valence-electron chi connectivity index (χ2n) is 4.37. The molecule has 1 nitrogen and oxygen atoms in total. The molecule has 106 valence electrons. The fourth-order valence-corrected chi connectivity index (χ4v) is 1.85. The molecule has 0 aromatic heterocycles. The third-order valence-electron chi connectivity index (χ3n) is 2.95. The molecule has 0 radical (unpaired) electrons. The van der Waals surface area contributed by atoms with E-state index >= 15 is 0 Å². The van der Waals surface area contributed by atoms with Gasteiger partial charge in [-0.25, -0.2) is 0 Å². The number of benzene rings is 2. The van der Waals surface area contributed by atoms with E-state index in [0.29, 0.717) is 11.1 Å². The number of halogens is 3. The Balaban J connectivity index is 2.27. The average molecular weight is 288 g/mol. The van der Waals surface area contributed by atoms with Crippen molar-refractivity contribution in [2.24, 2.45) is 0 Å². The molecule has 0 N–H and O–H groups in total. The van der Waals surface area contributed by atoms with Crippen LogP contribution >= 0.6 is 0 Å². The topological polar surface area (TPSA) is 17.1 Å². The van der Waals surface area contributed by atoms with Crippen molar-refractivity contribution < 1.29 is 18.0 Å². The second-order valence-corrected chi connectivity index (χ2v) is 4.37. The molecule has 21 heavy (non-hydrogen) atoms. The van der Waals surface area contributed by atoms with Crippen molar-refractivity contribution in [1.29, 1.82) is 0 Å². The monoisotopic (exact) mass is 288 g/mol. The van der Waals surface area contributed by atoms with Gasteiger partial charge in [-0.3, -0.25) is 4.79 Å². The van der Waals surface area contributed by atoms with Gasteiger partial charge in [0.15, 0.2) is 5.78 Å². The number of rotatable bonds is 3. The summed E-state index contributed by atoms with van der Waals surface area (Å²) in [6.45, 7) is 3.33. The first-order chi connectivity index (χ1) is 9.91. The first kappa shape index (κ1) is 14.8. The summed E-state index contributed by atoms with van der Waals surface area (Å²) in [5.41, 5.74) is 3.58. The van der Waals surface area contributed by atoms with Crippen LogP contribution in [0.25, 0.3) is 11.1 Å². The van der Waals surface area contributed by atoms with Crippen LogP contribution in [0.1, 0.15) is 15.9 Å². The zero-order chi connectivity index (χ0) is 15.5. The Labute approximate surface area is 120 Å². The van der Waals surface area contributed by atoms with Crippen molar-refractivity contribution in [2.45, 2.75) is 6.18 Å². The van der Waals surface area contributed by atoms with Crippen molar-refractivity contribution in [3.63, 3.8) is 0 Å². The van der Waals surface area contributed by atoms with Crippen LogP contribution in [0.15, 0.2) is 66.9 Å². The third-order valence-corrected chi connectivity index (χ3v) is 2.95. The number of hydrogen-bond donors (Lipinski definition) is 0. The van der Waals surface area contributed by atoms with E-state index in [4.69, 9.17) is 0 Å². The van der Waals surface area contributed by atoms with Crippen LogP contribution in [-0.2, 0) is 6.18 Å². The molecule has 2 aromatic carbocycles. The minimum absolute atomic E-state index is 0.219. The molecule has 0 atom stereocenters. The van der Waals surface area contributed by atoms with Crippen LogP contribution in [0.5, 0.6) is 0 Å². The molecule has 2 aromatic rings. The Morgan fingerprint density at radius 1 is 0.952 bits per heavy atom. The van der Waals surface area contributed by atoms with Gasteiger partial charge in [0.05, 0.1) is 5.56 Å². The largest absolute Gasteiger partial charge is 0.416 e. The lowest BCUT2D eigenvalue weighted by molar-refractivity contribution is -0.137. The number of ketones is 1. The number of alkyl halides is 3. The lowest BCUT2D eigenvalue weighted by Gasteiger charge is -2.08. The molecule has 4 heteroatoms. The molecule has 0 saturated carbocycles. The van der Waals surface area contributed by atoms with Crippen molar-refractivity contribution in [3.8, 4) is 11.1 Å². The molecule has 2 rings (SSSR count). The lowest BCUT2D eigenvalue weighted by atomic mass is 10.0. The number of hydrogen-bond acceptors (Lipinski definition) is 1. The van der Waals surface area contributed by atoms with Crippen LogP contribution in [0.3, 0.4) is 0 Å². The maximum absolute atomic E-state index is 12.5. The predicted molar refractivity (Wildman–Crippen MR) is 74.9 cm³/mol. The summed E-state index contributed by atoms with van der Waals surface area (Å²) in [5.74, 6) is -0.219. The molecular formula is C17H11F3O. The molecule has 0 aliphatic carbocycles. The highest BCUT2D eigenvalue weighted by Crippen LogP contribution is 2.31. The van der Waals surface area contributed by atoms with Gasteiger partial charge in [0.1, 0.15) is 0 Å². The SMILES string of the molecule is C=C=CC(=O)c1ccc(-c2ccc(C(F)(F)F)cc2)cc1. The zero-order valence-corrected chi connectivity index (χ0v) is 10.9. The molecular weight excluding hydrogens is 277 g/mol. The van der Waals surface area contributed by atoms with Gasteiger partial charge in [0.2, 0.25) is 0 Å². The fraction of sp³-hybridized carbons (Fsp3) is 0.0588. The Morgan fingerprint density at radius 3 is 1.86 bits per heavy atom. The molecule has 0 unspecified atom stereocenters. The van der Waals surface area contributed by atoms with E-state index < -0.39 is 11.7 Å². The minimum Gasteiger partial charge on any atom is -0.289 e. The number of carbonyl (C=O) groups excluding carboxylic acids is 1. The van der Waals surface area contributed by atoms with Crippen LogP contribution in [-0.4, -0.2) is 5.78 Å². The van der Waals surface area contributed by atoms with Gasteiger partial charge in [-0.2, -0.15) is 13.2 Å². The predicted octanol–water partition coefficient (Wildman–Crippen LogP) is 4.90. The van der Waals surface area contributed by atoms with Gasteiger partial charge in [0, 0.05) is 11.6 Å². The third kappa shape index (κ3) is 3.50. The van der Waals surface area contributed by atoms with E-state index in [0.717, 1.165) is 17.7 Å². The van der Waals surface area contributed by atoms with E-state index in [1.54, 1.807) is 24.3 Å². The highest BCUT2D eigenvalue weighted by molar-refractivity contribution is 6.04. The summed E-state index contributed by atoms with van der Waals surface area (Å²) in [7, 11) is 0. The van der Waals surface area contributed by atoms with Crippen molar-refractivity contribution in [2.75, 3.05) is 0 Å². The first-order valence-corrected chi connectivity index (χ1v) is 6.09. The highest BCUT2D eigenvalue weighted by atomic mass is 19.4. The lowest BCUT2D eigenvalue weighted by Crippen LogP contribution is -2.03. The van der Waals surface area contributed by atoms with Gasteiger partial charge in [0.25, 0.3) is 0 Å². The first-order valence-electron chi connectivity index (χ1n) is 6.09. The standard InChI is InChI=1S/C17H11F3O/c1-2-3-16(21)14-6-4-12(5-7-14)13-8-10-15(11-9-13)17(18,19)20/h3-11H,1H2. The quantitative estimate of drug-likeness (QED) is 0.446. The summed E-state index contributed by atoms with van der Waals surface area (Å²) in [6.07, 6.45) is -3.11. The Bertz CT molecular complexity index is 688. The van der Waals surface area contributed by atoms with E-state index in [9.17, 15) is 18.0 Å². The molecule has 0 amide bonds. The van der Waals surface area contributed by atoms with Gasteiger partial charge in [-0.1, -0.05) is 43.0 Å². The van der Waals surface area contributed by atoms with Gasteiger partial charge in [-0.05, 0) is 23.3 Å². The summed E-state index contributed by atoms with van der Waals surface area (Å²) in [4.78, 5) is 11.6. The second kappa shape index (κ2) is 5.81. The van der Waals surface area contributed by atoms with Gasteiger partial charge >= 0.3 is 6.18 Å². The van der Waals surface area contributed by atoms with Crippen molar-refractivity contribution >= 4 is 5.78 Å². The van der Waals surface area contributed by atoms with E-state index in [1.165, 1.54) is 18.2 Å². The molecule has 0 fully saturated rings. The summed E-state index contributed by atoms with van der Waals surface area (Å²) in [6, 6.07) is 11.5. The Kier molecular flexibility index (Phi) is 4.10. The molecule has 0 spiro atoms. The van der Waals surface area contributed by atoms with Crippen molar-refractivity contribution in [1.82, 2.24) is 0 Å². The van der Waals surface area contributed by atoms with E-state index in [2.05, 4.69) is 12.3 Å². The van der Waals surface area contributed by atoms with Crippen molar-refractivity contribution in [3.05, 3.63) is 78.0 Å². The maximum atomic E-state index is 12.5. The Hall–Kier alpha value is -2.58. The van der Waals surface area contributed by atoms with Crippen LogP contribution in [0.4, 0.5) is 13.2 Å². The molecule has 0 heterocycles. The Morgan fingerprint density at radius 2 is 1.43 bits per heavy atom. The number of allylic oxidation sites excluding steroid dienone is 1. The molecule has 0 aliphatic heterocycles. The molecule has 0 aliphatic rings. The maximum Gasteiger partial charge on any atom is 0.416 e. The van der Waals surface area contributed by atoms with E-state index in [-0.39, 0.29) is 5.78 Å². The zero-order valence-electron chi connectivity index (χ0n) is 10.9. The highest BCUT2D eigenvalue weighted by Gasteiger charge is 2.29. The molecule has 0 saturated heterocycles. The van der Waals surface area contributed by atoms with Crippen LogP contribution < -0.4 is 0 Å². The molecule has 0 bridgehead atoms. The minimum atomic E-state index is -4.34. The van der Waals surface area contributed by atoms with Gasteiger partial charge < -0.3 is 0 Å². The average Bonchev–Trinajstić information content (AvgIpc) is 2.47. The smallest absolute Gasteiger partial charge is 0.289 e.